The number of thiophene rings is 1. The Kier molecular flexibility index (Phi) is 7.49. The summed E-state index contributed by atoms with van der Waals surface area (Å²) in [5.74, 6) is 0. The van der Waals surface area contributed by atoms with E-state index < -0.39 is 0 Å². The number of unbranched alkanes of at least 4 members (excludes halogenated alkanes) is 2. The maximum atomic E-state index is 5.92. The van der Waals surface area contributed by atoms with E-state index in [0.29, 0.717) is 6.04 Å². The molecule has 0 radical (unpaired) electrons. The van der Waals surface area contributed by atoms with Crippen LogP contribution >= 0.6 is 11.3 Å². The molecule has 1 aromatic heterocycles. The monoisotopic (exact) mass is 254 g/mol. The second-order valence-electron chi connectivity index (χ2n) is 4.53. The van der Waals surface area contributed by atoms with Gasteiger partial charge < -0.3 is 5.73 Å². The van der Waals surface area contributed by atoms with Gasteiger partial charge in [-0.1, -0.05) is 39.2 Å². The van der Waals surface area contributed by atoms with Crippen molar-refractivity contribution in [2.75, 3.05) is 13.1 Å². The van der Waals surface area contributed by atoms with Gasteiger partial charge >= 0.3 is 0 Å². The molecular formula is C14H26N2S. The highest BCUT2D eigenvalue weighted by Crippen LogP contribution is 2.16. The minimum atomic E-state index is 0.550. The van der Waals surface area contributed by atoms with E-state index in [0.717, 1.165) is 19.6 Å². The van der Waals surface area contributed by atoms with Crippen molar-refractivity contribution in [3.05, 3.63) is 22.4 Å². The Hall–Kier alpha value is -0.380. The average Bonchev–Trinajstić information content (AvgIpc) is 2.85. The lowest BCUT2D eigenvalue weighted by Gasteiger charge is -2.29. The van der Waals surface area contributed by atoms with Crippen molar-refractivity contribution >= 4 is 11.3 Å². The molecule has 1 atom stereocenters. The molecule has 0 aliphatic rings. The Bertz CT molecular complexity index is 272. The van der Waals surface area contributed by atoms with Crippen LogP contribution in [0.3, 0.4) is 0 Å². The van der Waals surface area contributed by atoms with Gasteiger partial charge in [-0.3, -0.25) is 4.90 Å². The zero-order chi connectivity index (χ0) is 12.5. The highest BCUT2D eigenvalue weighted by atomic mass is 32.1. The van der Waals surface area contributed by atoms with Crippen molar-refractivity contribution in [1.82, 2.24) is 4.90 Å². The number of nitrogens with two attached hydrogens (primary N) is 1. The lowest BCUT2D eigenvalue weighted by Crippen LogP contribution is -2.39. The molecule has 0 aliphatic carbocycles. The minimum Gasteiger partial charge on any atom is -0.329 e. The minimum absolute atomic E-state index is 0.550. The van der Waals surface area contributed by atoms with E-state index in [2.05, 4.69) is 36.3 Å². The van der Waals surface area contributed by atoms with Crippen LogP contribution in [0.5, 0.6) is 0 Å². The molecule has 0 saturated carbocycles. The molecule has 1 aromatic rings. The molecule has 17 heavy (non-hydrogen) atoms. The van der Waals surface area contributed by atoms with Gasteiger partial charge in [-0.15, -0.1) is 11.3 Å². The van der Waals surface area contributed by atoms with Crippen molar-refractivity contribution in [1.29, 1.82) is 0 Å². The molecule has 0 fully saturated rings. The normalized spacial score (nSPS) is 13.2. The van der Waals surface area contributed by atoms with Crippen molar-refractivity contribution in [3.63, 3.8) is 0 Å². The van der Waals surface area contributed by atoms with E-state index in [1.165, 1.54) is 30.6 Å². The van der Waals surface area contributed by atoms with Crippen LogP contribution in [-0.2, 0) is 6.54 Å². The van der Waals surface area contributed by atoms with Gasteiger partial charge in [0.05, 0.1) is 0 Å². The van der Waals surface area contributed by atoms with Crippen LogP contribution in [0, 0.1) is 0 Å². The van der Waals surface area contributed by atoms with Gasteiger partial charge in [-0.05, 0) is 24.4 Å². The first kappa shape index (κ1) is 14.7. The molecule has 0 saturated heterocycles. The Morgan fingerprint density at radius 2 is 2.18 bits per heavy atom. The topological polar surface area (TPSA) is 29.3 Å². The van der Waals surface area contributed by atoms with Crippen LogP contribution in [0.1, 0.15) is 44.4 Å². The van der Waals surface area contributed by atoms with Crippen LogP contribution in [-0.4, -0.2) is 24.0 Å². The first-order valence-electron chi connectivity index (χ1n) is 6.78. The maximum Gasteiger partial charge on any atom is 0.0331 e. The van der Waals surface area contributed by atoms with Gasteiger partial charge in [0.15, 0.2) is 0 Å². The van der Waals surface area contributed by atoms with Crippen LogP contribution in [0.25, 0.3) is 0 Å². The predicted molar refractivity (Wildman–Crippen MR) is 77.4 cm³/mol. The second kappa shape index (κ2) is 8.67. The van der Waals surface area contributed by atoms with Gasteiger partial charge in [0.25, 0.3) is 0 Å². The zero-order valence-corrected chi connectivity index (χ0v) is 12.0. The van der Waals surface area contributed by atoms with Crippen molar-refractivity contribution in [3.8, 4) is 0 Å². The highest BCUT2D eigenvalue weighted by molar-refractivity contribution is 7.09. The summed E-state index contributed by atoms with van der Waals surface area (Å²) in [6.07, 6.45) is 5.16. The molecule has 0 bridgehead atoms. The summed E-state index contributed by atoms with van der Waals surface area (Å²) >= 11 is 1.84. The Labute approximate surface area is 110 Å². The Morgan fingerprint density at radius 3 is 2.71 bits per heavy atom. The smallest absolute Gasteiger partial charge is 0.0331 e. The molecule has 2 nitrogen and oxygen atoms in total. The molecule has 3 heteroatoms. The van der Waals surface area contributed by atoms with E-state index in [4.69, 9.17) is 5.73 Å². The number of hydrogen-bond acceptors (Lipinski definition) is 3. The summed E-state index contributed by atoms with van der Waals surface area (Å²) < 4.78 is 0. The molecular weight excluding hydrogens is 228 g/mol. The maximum absolute atomic E-state index is 5.92. The lowest BCUT2D eigenvalue weighted by molar-refractivity contribution is 0.190. The fraction of sp³-hybridized carbons (Fsp3) is 0.714. The Morgan fingerprint density at radius 1 is 1.35 bits per heavy atom. The van der Waals surface area contributed by atoms with E-state index >= 15 is 0 Å². The van der Waals surface area contributed by atoms with Crippen LogP contribution < -0.4 is 5.73 Å². The van der Waals surface area contributed by atoms with E-state index in [1.54, 1.807) is 0 Å². The van der Waals surface area contributed by atoms with E-state index in [1.807, 2.05) is 11.3 Å². The third-order valence-electron chi connectivity index (χ3n) is 3.27. The SMILES string of the molecule is CCCCCC(CN)N(CC)Cc1cccs1. The number of rotatable bonds is 9. The fourth-order valence-corrected chi connectivity index (χ4v) is 2.91. The molecule has 1 rings (SSSR count). The van der Waals surface area contributed by atoms with Gasteiger partial charge in [-0.25, -0.2) is 0 Å². The molecule has 0 aromatic carbocycles. The molecule has 0 spiro atoms. The fourth-order valence-electron chi connectivity index (χ4n) is 2.18. The summed E-state index contributed by atoms with van der Waals surface area (Å²) in [6.45, 7) is 7.41. The van der Waals surface area contributed by atoms with Crippen LogP contribution in [0.2, 0.25) is 0 Å². The van der Waals surface area contributed by atoms with Crippen molar-refractivity contribution in [2.45, 2.75) is 52.1 Å². The molecule has 1 heterocycles. The third-order valence-corrected chi connectivity index (χ3v) is 4.14. The predicted octanol–water partition coefficient (Wildman–Crippen LogP) is 3.48. The number of hydrogen-bond donors (Lipinski definition) is 1. The zero-order valence-electron chi connectivity index (χ0n) is 11.2. The van der Waals surface area contributed by atoms with Crippen molar-refractivity contribution < 1.29 is 0 Å². The first-order valence-corrected chi connectivity index (χ1v) is 7.66. The Balaban J connectivity index is 2.44. The number of likely N-dealkylation sites (N-methyl/N-ethyl adjacent to an activating group) is 1. The summed E-state index contributed by atoms with van der Waals surface area (Å²) in [7, 11) is 0. The van der Waals surface area contributed by atoms with E-state index in [9.17, 15) is 0 Å². The summed E-state index contributed by atoms with van der Waals surface area (Å²) in [4.78, 5) is 3.96. The largest absolute Gasteiger partial charge is 0.329 e. The number of nitrogens with zero attached hydrogens (tertiary/aromatic N) is 1. The highest BCUT2D eigenvalue weighted by Gasteiger charge is 2.15. The van der Waals surface area contributed by atoms with Gasteiger partial charge in [0.2, 0.25) is 0 Å². The molecule has 2 N–H and O–H groups in total. The van der Waals surface area contributed by atoms with Crippen molar-refractivity contribution in [2.24, 2.45) is 5.73 Å². The summed E-state index contributed by atoms with van der Waals surface area (Å²) in [6, 6.07) is 4.89. The van der Waals surface area contributed by atoms with Crippen LogP contribution in [0.15, 0.2) is 17.5 Å². The standard InChI is InChI=1S/C14H26N2S/c1-3-5-6-8-13(11-15)16(4-2)12-14-9-7-10-17-14/h7,9-10,13H,3-6,8,11-12,15H2,1-2H3. The lowest BCUT2D eigenvalue weighted by atomic mass is 10.1. The second-order valence-corrected chi connectivity index (χ2v) is 5.56. The molecule has 0 aliphatic heterocycles. The van der Waals surface area contributed by atoms with E-state index in [-0.39, 0.29) is 0 Å². The van der Waals surface area contributed by atoms with Gasteiger partial charge in [0, 0.05) is 24.0 Å². The third kappa shape index (κ3) is 5.19. The van der Waals surface area contributed by atoms with Crippen LogP contribution in [0.4, 0.5) is 0 Å². The van der Waals surface area contributed by atoms with Gasteiger partial charge in [0.1, 0.15) is 0 Å². The summed E-state index contributed by atoms with van der Waals surface area (Å²) in [5, 5.41) is 2.15. The summed E-state index contributed by atoms with van der Waals surface area (Å²) in [5.41, 5.74) is 5.92. The quantitative estimate of drug-likeness (QED) is 0.684. The first-order chi connectivity index (χ1) is 8.31. The van der Waals surface area contributed by atoms with Gasteiger partial charge in [-0.2, -0.15) is 0 Å². The molecule has 0 amide bonds. The molecule has 98 valence electrons. The molecule has 1 unspecified atom stereocenters. The average molecular weight is 254 g/mol.